The van der Waals surface area contributed by atoms with Gasteiger partial charge in [-0.15, -0.1) is 0 Å². The zero-order chi connectivity index (χ0) is 13.0. The van der Waals surface area contributed by atoms with Crippen molar-refractivity contribution >= 4 is 5.69 Å². The Hall–Kier alpha value is -1.06. The molecule has 0 aliphatic carbocycles. The van der Waals surface area contributed by atoms with Gasteiger partial charge in [-0.05, 0) is 37.1 Å². The van der Waals surface area contributed by atoms with Crippen LogP contribution in [0.3, 0.4) is 0 Å². The molecule has 1 saturated heterocycles. The second kappa shape index (κ2) is 6.21. The van der Waals surface area contributed by atoms with Crippen LogP contribution in [0, 0.1) is 0 Å². The molecule has 0 saturated carbocycles. The van der Waals surface area contributed by atoms with Gasteiger partial charge < -0.3 is 10.6 Å². The third-order valence-corrected chi connectivity index (χ3v) is 3.86. The summed E-state index contributed by atoms with van der Waals surface area (Å²) in [5, 5.41) is 0. The zero-order valence-corrected chi connectivity index (χ0v) is 11.6. The third-order valence-electron chi connectivity index (χ3n) is 3.86. The lowest BCUT2D eigenvalue weighted by atomic mass is 10.0. The van der Waals surface area contributed by atoms with E-state index in [1.165, 1.54) is 37.1 Å². The Morgan fingerprint density at radius 1 is 1.22 bits per heavy atom. The largest absolute Gasteiger partial charge is 0.378 e. The number of rotatable bonds is 4. The highest BCUT2D eigenvalue weighted by Crippen LogP contribution is 2.20. The number of hydrogen-bond acceptors (Lipinski definition) is 3. The molecule has 1 unspecified atom stereocenters. The van der Waals surface area contributed by atoms with Crippen molar-refractivity contribution in [2.45, 2.75) is 31.8 Å². The molecule has 1 aliphatic rings. The number of hydrogen-bond donors (Lipinski definition) is 1. The topological polar surface area (TPSA) is 32.5 Å². The van der Waals surface area contributed by atoms with Crippen molar-refractivity contribution in [1.82, 2.24) is 4.90 Å². The van der Waals surface area contributed by atoms with E-state index in [1.807, 2.05) is 0 Å². The molecule has 18 heavy (non-hydrogen) atoms. The molecule has 1 atom stereocenters. The quantitative estimate of drug-likeness (QED) is 0.884. The first-order valence-corrected chi connectivity index (χ1v) is 6.91. The lowest BCUT2D eigenvalue weighted by Crippen LogP contribution is -2.43. The molecule has 2 rings (SSSR count). The van der Waals surface area contributed by atoms with Crippen LogP contribution in [0.1, 0.15) is 24.8 Å². The van der Waals surface area contributed by atoms with E-state index in [-0.39, 0.29) is 0 Å². The molecular formula is C15H25N3. The number of piperidine rings is 1. The fourth-order valence-electron chi connectivity index (χ4n) is 2.67. The molecule has 3 heteroatoms. The second-order valence-electron chi connectivity index (χ2n) is 5.42. The van der Waals surface area contributed by atoms with Gasteiger partial charge in [0.15, 0.2) is 0 Å². The maximum absolute atomic E-state index is 5.86. The monoisotopic (exact) mass is 247 g/mol. The molecular weight excluding hydrogens is 222 g/mol. The molecule has 1 aromatic rings. The average Bonchev–Trinajstić information content (AvgIpc) is 2.40. The molecule has 1 aromatic carbocycles. The van der Waals surface area contributed by atoms with Crippen LogP contribution in [0.25, 0.3) is 0 Å². The van der Waals surface area contributed by atoms with E-state index in [9.17, 15) is 0 Å². The summed E-state index contributed by atoms with van der Waals surface area (Å²) in [5.41, 5.74) is 8.51. The Labute approximate surface area is 111 Å². The molecule has 2 N–H and O–H groups in total. The van der Waals surface area contributed by atoms with Gasteiger partial charge in [0.05, 0.1) is 0 Å². The summed E-state index contributed by atoms with van der Waals surface area (Å²) in [7, 11) is 4.15. The highest BCUT2D eigenvalue weighted by molar-refractivity contribution is 5.45. The van der Waals surface area contributed by atoms with Crippen molar-refractivity contribution in [2.75, 3.05) is 32.1 Å². The minimum Gasteiger partial charge on any atom is -0.378 e. The van der Waals surface area contributed by atoms with E-state index in [4.69, 9.17) is 5.73 Å². The van der Waals surface area contributed by atoms with Gasteiger partial charge >= 0.3 is 0 Å². The first kappa shape index (κ1) is 13.4. The Bertz CT molecular complexity index is 359. The van der Waals surface area contributed by atoms with Crippen LogP contribution in [0.15, 0.2) is 24.3 Å². The van der Waals surface area contributed by atoms with Crippen LogP contribution in [0.4, 0.5) is 5.69 Å². The highest BCUT2D eigenvalue weighted by Gasteiger charge is 2.20. The Morgan fingerprint density at radius 3 is 2.56 bits per heavy atom. The second-order valence-corrected chi connectivity index (χ2v) is 5.42. The predicted molar refractivity (Wildman–Crippen MR) is 77.9 cm³/mol. The molecule has 0 bridgehead atoms. The van der Waals surface area contributed by atoms with Crippen molar-refractivity contribution in [3.8, 4) is 0 Å². The van der Waals surface area contributed by atoms with Gasteiger partial charge in [-0.25, -0.2) is 0 Å². The Kier molecular flexibility index (Phi) is 4.61. The van der Waals surface area contributed by atoms with Crippen molar-refractivity contribution in [3.05, 3.63) is 29.8 Å². The molecule has 1 fully saturated rings. The minimum atomic E-state index is 0.576. The van der Waals surface area contributed by atoms with Crippen molar-refractivity contribution in [1.29, 1.82) is 0 Å². The molecule has 100 valence electrons. The normalized spacial score (nSPS) is 20.9. The highest BCUT2D eigenvalue weighted by atomic mass is 15.2. The molecule has 0 spiro atoms. The summed E-state index contributed by atoms with van der Waals surface area (Å²) in [6.45, 7) is 3.02. The van der Waals surface area contributed by atoms with E-state index in [0.717, 1.165) is 13.1 Å². The van der Waals surface area contributed by atoms with Crippen LogP contribution in [-0.4, -0.2) is 38.1 Å². The van der Waals surface area contributed by atoms with E-state index >= 15 is 0 Å². The van der Waals surface area contributed by atoms with Crippen LogP contribution < -0.4 is 10.6 Å². The fraction of sp³-hybridized carbons (Fsp3) is 0.600. The van der Waals surface area contributed by atoms with Gasteiger partial charge in [0.1, 0.15) is 0 Å². The SMILES string of the molecule is CN(C)c1ccc(CN2CCCCC2CN)cc1. The van der Waals surface area contributed by atoms with Crippen LogP contribution in [0.2, 0.25) is 0 Å². The van der Waals surface area contributed by atoms with Gasteiger partial charge in [0.2, 0.25) is 0 Å². The number of nitrogens with zero attached hydrogens (tertiary/aromatic N) is 2. The molecule has 0 radical (unpaired) electrons. The molecule has 0 amide bonds. The first-order valence-electron chi connectivity index (χ1n) is 6.91. The van der Waals surface area contributed by atoms with E-state index < -0.39 is 0 Å². The first-order chi connectivity index (χ1) is 8.70. The van der Waals surface area contributed by atoms with Crippen molar-refractivity contribution in [2.24, 2.45) is 5.73 Å². The maximum Gasteiger partial charge on any atom is 0.0361 e. The van der Waals surface area contributed by atoms with E-state index in [0.29, 0.717) is 6.04 Å². The lowest BCUT2D eigenvalue weighted by molar-refractivity contribution is 0.145. The van der Waals surface area contributed by atoms with Crippen molar-refractivity contribution in [3.63, 3.8) is 0 Å². The third kappa shape index (κ3) is 3.24. The van der Waals surface area contributed by atoms with Crippen molar-refractivity contribution < 1.29 is 0 Å². The maximum atomic E-state index is 5.86. The molecule has 1 heterocycles. The van der Waals surface area contributed by atoms with Crippen LogP contribution in [-0.2, 0) is 6.54 Å². The summed E-state index contributed by atoms with van der Waals surface area (Å²) in [6.07, 6.45) is 3.90. The van der Waals surface area contributed by atoms with Gasteiger partial charge in [0, 0.05) is 38.9 Å². The minimum absolute atomic E-state index is 0.576. The summed E-state index contributed by atoms with van der Waals surface area (Å²) < 4.78 is 0. The number of benzene rings is 1. The Morgan fingerprint density at radius 2 is 1.94 bits per heavy atom. The summed E-state index contributed by atoms with van der Waals surface area (Å²) in [6, 6.07) is 9.43. The summed E-state index contributed by atoms with van der Waals surface area (Å²) in [5.74, 6) is 0. The fourth-order valence-corrected chi connectivity index (χ4v) is 2.67. The molecule has 0 aromatic heterocycles. The molecule has 1 aliphatic heterocycles. The number of nitrogens with two attached hydrogens (primary N) is 1. The van der Waals surface area contributed by atoms with Crippen LogP contribution >= 0.6 is 0 Å². The smallest absolute Gasteiger partial charge is 0.0361 e. The van der Waals surface area contributed by atoms with Gasteiger partial charge in [-0.3, -0.25) is 4.90 Å². The van der Waals surface area contributed by atoms with Crippen LogP contribution in [0.5, 0.6) is 0 Å². The summed E-state index contributed by atoms with van der Waals surface area (Å²) in [4.78, 5) is 4.67. The van der Waals surface area contributed by atoms with Gasteiger partial charge in [-0.2, -0.15) is 0 Å². The Balaban J connectivity index is 1.99. The lowest BCUT2D eigenvalue weighted by Gasteiger charge is -2.35. The molecule has 3 nitrogen and oxygen atoms in total. The zero-order valence-electron chi connectivity index (χ0n) is 11.6. The summed E-state index contributed by atoms with van der Waals surface area (Å²) >= 11 is 0. The predicted octanol–water partition coefficient (Wildman–Crippen LogP) is 2.07. The van der Waals surface area contributed by atoms with E-state index in [2.05, 4.69) is 48.2 Å². The van der Waals surface area contributed by atoms with Gasteiger partial charge in [-0.1, -0.05) is 18.6 Å². The van der Waals surface area contributed by atoms with E-state index in [1.54, 1.807) is 0 Å². The van der Waals surface area contributed by atoms with Gasteiger partial charge in [0.25, 0.3) is 0 Å². The number of likely N-dealkylation sites (tertiary alicyclic amines) is 1. The standard InChI is InChI=1S/C15H25N3/c1-17(2)14-8-6-13(7-9-14)12-18-10-4-3-5-15(18)11-16/h6-9,15H,3-5,10-12,16H2,1-2H3. The number of anilines is 1. The average molecular weight is 247 g/mol.